The Kier molecular flexibility index (Phi) is 5.40. The third-order valence-corrected chi connectivity index (χ3v) is 6.74. The maximum absolute atomic E-state index is 15.0. The quantitative estimate of drug-likeness (QED) is 0.417. The van der Waals surface area contributed by atoms with Crippen LogP contribution in [0.1, 0.15) is 37.5 Å². The van der Waals surface area contributed by atoms with Crippen molar-refractivity contribution >= 4 is 23.1 Å². The van der Waals surface area contributed by atoms with E-state index in [2.05, 4.69) is 11.3 Å². The van der Waals surface area contributed by atoms with Crippen molar-refractivity contribution < 1.29 is 13.5 Å². The van der Waals surface area contributed by atoms with Crippen molar-refractivity contribution in [3.8, 4) is 11.3 Å². The number of aryl methyl sites for hydroxylation is 1. The summed E-state index contributed by atoms with van der Waals surface area (Å²) in [6.45, 7) is 3.09. The van der Waals surface area contributed by atoms with E-state index in [1.807, 2.05) is 53.3 Å². The molecule has 1 aromatic carbocycles. The van der Waals surface area contributed by atoms with Gasteiger partial charge in [-0.2, -0.15) is 15.1 Å². The fraction of sp³-hybridized carbons (Fsp3) is 0.440. The minimum atomic E-state index is -0.686. The van der Waals surface area contributed by atoms with E-state index in [1.165, 1.54) is 12.1 Å². The van der Waals surface area contributed by atoms with E-state index in [0.717, 1.165) is 24.5 Å². The van der Waals surface area contributed by atoms with Gasteiger partial charge >= 0.3 is 0 Å². The molecule has 1 aliphatic carbocycles. The first kappa shape index (κ1) is 22.8. The second-order valence-corrected chi connectivity index (χ2v) is 9.86. The summed E-state index contributed by atoms with van der Waals surface area (Å²) in [4.78, 5) is 18.2. The molecule has 4 heterocycles. The van der Waals surface area contributed by atoms with E-state index in [1.54, 1.807) is 0 Å². The van der Waals surface area contributed by atoms with Gasteiger partial charge in [0, 0.05) is 51.1 Å². The van der Waals surface area contributed by atoms with Crippen molar-refractivity contribution in [3.05, 3.63) is 47.8 Å². The van der Waals surface area contributed by atoms with E-state index in [4.69, 9.17) is 19.7 Å². The number of halogens is 2. The van der Waals surface area contributed by atoms with Crippen molar-refractivity contribution in [3.63, 3.8) is 0 Å². The minimum Gasteiger partial charge on any atom is -0.367 e. The smallest absolute Gasteiger partial charge is 0.228 e. The molecule has 2 aliphatic rings. The Hall–Kier alpha value is -3.60. The summed E-state index contributed by atoms with van der Waals surface area (Å²) in [6.07, 6.45) is 5.96. The van der Waals surface area contributed by atoms with Crippen LogP contribution in [0, 0.1) is 11.6 Å². The van der Waals surface area contributed by atoms with Crippen LogP contribution in [0.15, 0.2) is 30.6 Å². The zero-order valence-corrected chi connectivity index (χ0v) is 20.7. The first-order valence-corrected chi connectivity index (χ1v) is 12.1. The number of benzene rings is 1. The van der Waals surface area contributed by atoms with E-state index in [0.29, 0.717) is 47.9 Å². The molecule has 4 aromatic rings. The molecular weight excluding hydrogens is 466 g/mol. The molecule has 1 saturated carbocycles. The minimum absolute atomic E-state index is 0.0839. The Labute approximate surface area is 207 Å². The lowest BCUT2D eigenvalue weighted by molar-refractivity contribution is -0.0178. The first-order valence-electron chi connectivity index (χ1n) is 12.1. The summed E-state index contributed by atoms with van der Waals surface area (Å²) in [6, 6.07) is 4.01. The standard InChI is InChI=1S/C25H28F2N8O/c1-14-11-34(13-20(36-14)15-10-28-35(12-15)17-6-7-17)24-29-21(18-8-5-16(26)9-19(18)27)22-23(30-24)31-25(32(2)3)33(22)4/h5,8-10,12,14,17,20H,6-7,11,13H2,1-4H3/t14-,20+/m0/s1. The predicted octanol–water partition coefficient (Wildman–Crippen LogP) is 3.87. The average molecular weight is 495 g/mol. The van der Waals surface area contributed by atoms with Crippen LogP contribution in [-0.4, -0.2) is 62.6 Å². The van der Waals surface area contributed by atoms with Crippen molar-refractivity contribution in [2.24, 2.45) is 7.05 Å². The summed E-state index contributed by atoms with van der Waals surface area (Å²) in [5.74, 6) is -0.244. The van der Waals surface area contributed by atoms with Crippen LogP contribution >= 0.6 is 0 Å². The summed E-state index contributed by atoms with van der Waals surface area (Å²) >= 11 is 0. The Morgan fingerprint density at radius 3 is 2.61 bits per heavy atom. The highest BCUT2D eigenvalue weighted by atomic mass is 19.1. The van der Waals surface area contributed by atoms with Gasteiger partial charge in [0.2, 0.25) is 11.9 Å². The molecule has 188 valence electrons. The number of anilines is 2. The van der Waals surface area contributed by atoms with E-state index >= 15 is 0 Å². The lowest BCUT2D eigenvalue weighted by Gasteiger charge is -2.36. The molecule has 0 spiro atoms. The monoisotopic (exact) mass is 494 g/mol. The van der Waals surface area contributed by atoms with Crippen LogP contribution in [0.25, 0.3) is 22.4 Å². The number of ether oxygens (including phenoxy) is 1. The van der Waals surface area contributed by atoms with Crippen molar-refractivity contribution in [2.75, 3.05) is 37.0 Å². The molecule has 0 radical (unpaired) electrons. The van der Waals surface area contributed by atoms with Gasteiger partial charge in [-0.3, -0.25) is 4.68 Å². The number of aromatic nitrogens is 6. The van der Waals surface area contributed by atoms with Crippen molar-refractivity contribution in [1.82, 2.24) is 29.3 Å². The number of fused-ring (bicyclic) bond motifs is 1. The molecule has 0 N–H and O–H groups in total. The van der Waals surface area contributed by atoms with Gasteiger partial charge in [-0.05, 0) is 31.9 Å². The molecule has 0 unspecified atom stereocenters. The molecule has 9 nitrogen and oxygen atoms in total. The average Bonchev–Trinajstić information content (AvgIpc) is 3.46. The van der Waals surface area contributed by atoms with Gasteiger partial charge in [0.05, 0.1) is 24.9 Å². The fourth-order valence-electron chi connectivity index (χ4n) is 4.86. The van der Waals surface area contributed by atoms with Gasteiger partial charge in [-0.15, -0.1) is 0 Å². The van der Waals surface area contributed by atoms with Crippen LogP contribution in [0.3, 0.4) is 0 Å². The molecular formula is C25H28F2N8O. The SMILES string of the molecule is C[C@H]1CN(c2nc(-c3ccc(F)cc3F)c3c(n2)nc(N(C)C)n3C)C[C@H](c2cnn(C3CC3)c2)O1. The largest absolute Gasteiger partial charge is 0.367 e. The molecule has 36 heavy (non-hydrogen) atoms. The van der Waals surface area contributed by atoms with Crippen LogP contribution in [0.2, 0.25) is 0 Å². The molecule has 2 fully saturated rings. The topological polar surface area (TPSA) is 77.1 Å². The van der Waals surface area contributed by atoms with E-state index in [9.17, 15) is 8.78 Å². The maximum Gasteiger partial charge on any atom is 0.228 e. The van der Waals surface area contributed by atoms with Gasteiger partial charge in [0.15, 0.2) is 5.65 Å². The normalized spacial score (nSPS) is 20.3. The Morgan fingerprint density at radius 2 is 1.89 bits per heavy atom. The predicted molar refractivity (Wildman–Crippen MR) is 132 cm³/mol. The van der Waals surface area contributed by atoms with Crippen LogP contribution < -0.4 is 9.80 Å². The summed E-state index contributed by atoms with van der Waals surface area (Å²) in [5.41, 5.74) is 2.60. The first-order chi connectivity index (χ1) is 17.3. The van der Waals surface area contributed by atoms with Gasteiger partial charge in [0.25, 0.3) is 0 Å². The molecule has 0 amide bonds. The Bertz CT molecular complexity index is 1440. The van der Waals surface area contributed by atoms with E-state index < -0.39 is 11.6 Å². The van der Waals surface area contributed by atoms with Gasteiger partial charge in [-0.1, -0.05) is 0 Å². The molecule has 3 aromatic heterocycles. The molecule has 1 saturated heterocycles. The van der Waals surface area contributed by atoms with E-state index in [-0.39, 0.29) is 17.8 Å². The van der Waals surface area contributed by atoms with Gasteiger partial charge in [-0.25, -0.2) is 13.8 Å². The third-order valence-electron chi connectivity index (χ3n) is 6.74. The Morgan fingerprint density at radius 1 is 1.08 bits per heavy atom. The lowest BCUT2D eigenvalue weighted by atomic mass is 10.1. The number of imidazole rings is 1. The van der Waals surface area contributed by atoms with Crippen LogP contribution in [0.4, 0.5) is 20.7 Å². The zero-order valence-electron chi connectivity index (χ0n) is 20.7. The molecule has 2 atom stereocenters. The summed E-state index contributed by atoms with van der Waals surface area (Å²) < 4.78 is 38.8. The van der Waals surface area contributed by atoms with Crippen molar-refractivity contribution in [1.29, 1.82) is 0 Å². The highest BCUT2D eigenvalue weighted by molar-refractivity contribution is 5.90. The summed E-state index contributed by atoms with van der Waals surface area (Å²) in [5, 5.41) is 4.51. The Balaban J connectivity index is 1.44. The van der Waals surface area contributed by atoms with Gasteiger partial charge < -0.3 is 19.1 Å². The number of morpholine rings is 1. The highest BCUT2D eigenvalue weighted by Crippen LogP contribution is 2.37. The number of hydrogen-bond acceptors (Lipinski definition) is 7. The second-order valence-electron chi connectivity index (χ2n) is 9.86. The fourth-order valence-corrected chi connectivity index (χ4v) is 4.86. The molecule has 1 aliphatic heterocycles. The number of rotatable bonds is 5. The molecule has 11 heteroatoms. The van der Waals surface area contributed by atoms with Gasteiger partial charge in [0.1, 0.15) is 28.9 Å². The number of hydrogen-bond donors (Lipinski definition) is 0. The van der Waals surface area contributed by atoms with Crippen LogP contribution in [0.5, 0.6) is 0 Å². The third kappa shape index (κ3) is 3.97. The van der Waals surface area contributed by atoms with Crippen LogP contribution in [-0.2, 0) is 11.8 Å². The highest BCUT2D eigenvalue weighted by Gasteiger charge is 2.32. The van der Waals surface area contributed by atoms with Crippen molar-refractivity contribution in [2.45, 2.75) is 38.0 Å². The maximum atomic E-state index is 15.0. The lowest BCUT2D eigenvalue weighted by Crippen LogP contribution is -2.43. The molecule has 0 bridgehead atoms. The number of nitrogens with zero attached hydrogens (tertiary/aromatic N) is 8. The summed E-state index contributed by atoms with van der Waals surface area (Å²) in [7, 11) is 5.59. The molecule has 6 rings (SSSR count). The second kappa shape index (κ2) is 8.51. The zero-order chi connectivity index (χ0) is 25.1.